The maximum absolute atomic E-state index is 13.6. The number of imidazole rings is 1. The number of allylic oxidation sites excluding steroid dienone is 1. The number of carbonyl (C=O) groups excluding carboxylic acids is 1. The van der Waals surface area contributed by atoms with Gasteiger partial charge in [0.25, 0.3) is 5.91 Å². The lowest BCUT2D eigenvalue weighted by molar-refractivity contribution is 0.0712. The lowest BCUT2D eigenvalue weighted by atomic mass is 9.76. The molecule has 1 saturated carbocycles. The van der Waals surface area contributed by atoms with E-state index in [1.54, 1.807) is 0 Å². The van der Waals surface area contributed by atoms with E-state index in [1.165, 1.54) is 30.4 Å². The van der Waals surface area contributed by atoms with Gasteiger partial charge in [-0.3, -0.25) is 4.79 Å². The van der Waals surface area contributed by atoms with Crippen LogP contribution in [0.1, 0.15) is 96.3 Å². The minimum absolute atomic E-state index is 0.111. The summed E-state index contributed by atoms with van der Waals surface area (Å²) in [7, 11) is 0. The zero-order valence-electron chi connectivity index (χ0n) is 21.0. The van der Waals surface area contributed by atoms with Crippen molar-refractivity contribution in [1.82, 2.24) is 14.3 Å². The number of aryl methyl sites for hydroxylation is 1. The molecule has 182 valence electrons. The first-order valence-corrected chi connectivity index (χ1v) is 13.0. The summed E-state index contributed by atoms with van der Waals surface area (Å²) in [5.41, 5.74) is 8.07. The Morgan fingerprint density at radius 3 is 2.54 bits per heavy atom. The van der Waals surface area contributed by atoms with Gasteiger partial charge in [-0.2, -0.15) is 0 Å². The number of carbonyl (C=O) groups is 1. The van der Waals surface area contributed by atoms with E-state index in [9.17, 15) is 4.79 Å². The Kier molecular flexibility index (Phi) is 6.59. The van der Waals surface area contributed by atoms with E-state index in [1.807, 2.05) is 30.3 Å². The lowest BCUT2D eigenvalue weighted by Gasteiger charge is -2.33. The van der Waals surface area contributed by atoms with Crippen molar-refractivity contribution in [2.45, 2.75) is 70.6 Å². The standard InChI is InChI=1S/C30H36N4O/c1-20(2)7-9-28(31)27-18-25(21(3)17-26(27)23-5-4-6-23)30(35)33-14-11-22(12-15-33)24-8-10-29-32-13-16-34(29)19-24/h8,10,13,16-19,22-23,31H,1,4-7,9,11-12,14-15H2,2-3H3. The molecule has 5 nitrogen and oxygen atoms in total. The van der Waals surface area contributed by atoms with Crippen LogP contribution >= 0.6 is 0 Å². The molecule has 0 unspecified atom stereocenters. The maximum atomic E-state index is 13.6. The first kappa shape index (κ1) is 23.5. The summed E-state index contributed by atoms with van der Waals surface area (Å²) in [6.07, 6.45) is 13.0. The molecule has 5 heteroatoms. The summed E-state index contributed by atoms with van der Waals surface area (Å²) in [4.78, 5) is 20.0. The second-order valence-electron chi connectivity index (χ2n) is 10.5. The van der Waals surface area contributed by atoms with Gasteiger partial charge in [0.1, 0.15) is 5.65 Å². The molecule has 1 aliphatic heterocycles. The summed E-state index contributed by atoms with van der Waals surface area (Å²) in [5, 5.41) is 8.80. The number of piperidine rings is 1. The Hall–Kier alpha value is -3.21. The van der Waals surface area contributed by atoms with Gasteiger partial charge < -0.3 is 14.7 Å². The van der Waals surface area contributed by atoms with Gasteiger partial charge in [0.15, 0.2) is 0 Å². The van der Waals surface area contributed by atoms with Crippen molar-refractivity contribution in [2.24, 2.45) is 0 Å². The number of hydrogen-bond acceptors (Lipinski definition) is 3. The van der Waals surface area contributed by atoms with Crippen LogP contribution in [0.5, 0.6) is 0 Å². The predicted octanol–water partition coefficient (Wildman–Crippen LogP) is 6.65. The van der Waals surface area contributed by atoms with Crippen molar-refractivity contribution in [1.29, 1.82) is 5.41 Å². The summed E-state index contributed by atoms with van der Waals surface area (Å²) in [5.74, 6) is 1.10. The van der Waals surface area contributed by atoms with Crippen LogP contribution in [-0.4, -0.2) is 39.0 Å². The Balaban J connectivity index is 1.33. The van der Waals surface area contributed by atoms with Gasteiger partial charge in [-0.05, 0) is 98.6 Å². The number of nitrogens with one attached hydrogen (secondary N) is 1. The highest BCUT2D eigenvalue weighted by Gasteiger charge is 2.29. The third-order valence-corrected chi connectivity index (χ3v) is 7.96. The van der Waals surface area contributed by atoms with Crippen LogP contribution in [0.25, 0.3) is 5.65 Å². The van der Waals surface area contributed by atoms with Crippen LogP contribution < -0.4 is 0 Å². The molecular weight excluding hydrogens is 432 g/mol. The number of pyridine rings is 1. The molecule has 35 heavy (non-hydrogen) atoms. The first-order valence-electron chi connectivity index (χ1n) is 13.0. The quantitative estimate of drug-likeness (QED) is 0.311. The zero-order valence-corrected chi connectivity index (χ0v) is 21.0. The van der Waals surface area contributed by atoms with Crippen LogP contribution in [0.15, 0.2) is 55.0 Å². The smallest absolute Gasteiger partial charge is 0.254 e. The number of rotatable bonds is 7. The normalized spacial score (nSPS) is 16.9. The molecule has 5 rings (SSSR count). The first-order chi connectivity index (χ1) is 16.9. The minimum atomic E-state index is 0.111. The van der Waals surface area contributed by atoms with Gasteiger partial charge in [-0.25, -0.2) is 4.98 Å². The highest BCUT2D eigenvalue weighted by Crippen LogP contribution is 2.40. The fourth-order valence-electron chi connectivity index (χ4n) is 5.52. The largest absolute Gasteiger partial charge is 0.339 e. The summed E-state index contributed by atoms with van der Waals surface area (Å²) >= 11 is 0. The molecule has 0 spiro atoms. The van der Waals surface area contributed by atoms with Crippen LogP contribution in [0.4, 0.5) is 0 Å². The van der Waals surface area contributed by atoms with Crippen molar-refractivity contribution in [2.75, 3.05) is 13.1 Å². The van der Waals surface area contributed by atoms with Gasteiger partial charge in [0.2, 0.25) is 0 Å². The molecule has 0 radical (unpaired) electrons. The number of benzene rings is 1. The molecule has 0 atom stereocenters. The molecule has 1 aliphatic carbocycles. The van der Waals surface area contributed by atoms with E-state index < -0.39 is 0 Å². The van der Waals surface area contributed by atoms with E-state index >= 15 is 0 Å². The van der Waals surface area contributed by atoms with Crippen molar-refractivity contribution >= 4 is 17.3 Å². The second kappa shape index (κ2) is 9.80. The molecule has 1 aromatic carbocycles. The number of amides is 1. The average Bonchev–Trinajstić information content (AvgIpc) is 3.29. The van der Waals surface area contributed by atoms with Crippen molar-refractivity contribution in [3.8, 4) is 0 Å². The third-order valence-electron chi connectivity index (χ3n) is 7.96. The fraction of sp³-hybridized carbons (Fsp3) is 0.433. The average molecular weight is 469 g/mol. The highest BCUT2D eigenvalue weighted by atomic mass is 16.2. The van der Waals surface area contributed by atoms with Gasteiger partial charge >= 0.3 is 0 Å². The highest BCUT2D eigenvalue weighted by molar-refractivity contribution is 6.04. The molecular formula is C30H36N4O. The number of fused-ring (bicyclic) bond motifs is 1. The van der Waals surface area contributed by atoms with Gasteiger partial charge in [-0.15, -0.1) is 6.58 Å². The Morgan fingerprint density at radius 2 is 1.86 bits per heavy atom. The molecule has 2 aromatic heterocycles. The topological polar surface area (TPSA) is 61.5 Å². The van der Waals surface area contributed by atoms with Crippen molar-refractivity contribution in [3.05, 3.63) is 82.8 Å². The summed E-state index contributed by atoms with van der Waals surface area (Å²) < 4.78 is 2.07. The van der Waals surface area contributed by atoms with Crippen LogP contribution in [0, 0.1) is 12.3 Å². The molecule has 1 saturated heterocycles. The zero-order chi connectivity index (χ0) is 24.5. The van der Waals surface area contributed by atoms with E-state index in [2.05, 4.69) is 47.3 Å². The Bertz CT molecular complexity index is 1270. The Morgan fingerprint density at radius 1 is 1.09 bits per heavy atom. The SMILES string of the molecule is C=C(C)CCC(=N)c1cc(C(=O)N2CCC(c3ccc4nccn4c3)CC2)c(C)cc1C1CCC1. The maximum Gasteiger partial charge on any atom is 0.254 e. The Labute approximate surface area is 208 Å². The third kappa shape index (κ3) is 4.82. The van der Waals surface area contributed by atoms with Gasteiger partial charge in [0.05, 0.1) is 0 Å². The second-order valence-corrected chi connectivity index (χ2v) is 10.5. The van der Waals surface area contributed by atoms with Crippen molar-refractivity contribution < 1.29 is 4.79 Å². The van der Waals surface area contributed by atoms with E-state index in [-0.39, 0.29) is 5.91 Å². The fourth-order valence-corrected chi connectivity index (χ4v) is 5.52. The summed E-state index contributed by atoms with van der Waals surface area (Å²) in [6, 6.07) is 8.49. The molecule has 2 fully saturated rings. The molecule has 0 bridgehead atoms. The van der Waals surface area contributed by atoms with E-state index in [4.69, 9.17) is 5.41 Å². The number of likely N-dealkylation sites (tertiary alicyclic amines) is 1. The predicted molar refractivity (Wildman–Crippen MR) is 142 cm³/mol. The molecule has 2 aliphatic rings. The molecule has 1 amide bonds. The van der Waals surface area contributed by atoms with Gasteiger partial charge in [-0.1, -0.05) is 24.1 Å². The van der Waals surface area contributed by atoms with Gasteiger partial charge in [0, 0.05) is 43.0 Å². The van der Waals surface area contributed by atoms with Crippen molar-refractivity contribution in [3.63, 3.8) is 0 Å². The summed E-state index contributed by atoms with van der Waals surface area (Å²) in [6.45, 7) is 9.60. The molecule has 3 aromatic rings. The molecule has 3 heterocycles. The number of nitrogens with zero attached hydrogens (tertiary/aromatic N) is 3. The lowest BCUT2D eigenvalue weighted by Crippen LogP contribution is -2.38. The van der Waals surface area contributed by atoms with E-state index in [0.29, 0.717) is 24.0 Å². The minimum Gasteiger partial charge on any atom is -0.339 e. The number of aromatic nitrogens is 2. The van der Waals surface area contributed by atoms with Crippen LogP contribution in [0.3, 0.4) is 0 Å². The van der Waals surface area contributed by atoms with Crippen LogP contribution in [0.2, 0.25) is 0 Å². The monoisotopic (exact) mass is 468 g/mol. The van der Waals surface area contributed by atoms with Crippen LogP contribution in [-0.2, 0) is 0 Å². The van der Waals surface area contributed by atoms with E-state index in [0.717, 1.165) is 60.3 Å². The number of hydrogen-bond donors (Lipinski definition) is 1. The molecule has 1 N–H and O–H groups in total.